The molecule has 0 aromatic carbocycles. The Morgan fingerprint density at radius 1 is 1.39 bits per heavy atom. The van der Waals surface area contributed by atoms with Crippen LogP contribution >= 0.6 is 11.6 Å². The zero-order valence-corrected chi connectivity index (χ0v) is 15.6. The fourth-order valence-electron chi connectivity index (χ4n) is 2.81. The SMILES string of the molecule is CC#Cc1c(C[C@@H](N)CC(F)(F)F)oc2c(NCc3ccco3)cc(Cl)nc12. The molecule has 0 saturated heterocycles. The predicted octanol–water partition coefficient (Wildman–Crippen LogP) is 4.88. The minimum absolute atomic E-state index is 0.130. The molecule has 28 heavy (non-hydrogen) atoms. The molecular formula is C19H17ClF3N3O2. The number of hydrogen-bond donors (Lipinski definition) is 2. The van der Waals surface area contributed by atoms with Crippen LogP contribution in [-0.2, 0) is 13.0 Å². The minimum atomic E-state index is -4.36. The average molecular weight is 412 g/mol. The van der Waals surface area contributed by atoms with E-state index in [1.165, 1.54) is 0 Å². The van der Waals surface area contributed by atoms with Gasteiger partial charge in [0.15, 0.2) is 5.58 Å². The topological polar surface area (TPSA) is 77.2 Å². The molecule has 0 amide bonds. The van der Waals surface area contributed by atoms with Crippen LogP contribution < -0.4 is 11.1 Å². The van der Waals surface area contributed by atoms with Crippen molar-refractivity contribution >= 4 is 28.4 Å². The van der Waals surface area contributed by atoms with Crippen molar-refractivity contribution in [3.63, 3.8) is 0 Å². The van der Waals surface area contributed by atoms with E-state index in [0.29, 0.717) is 34.7 Å². The zero-order chi connectivity index (χ0) is 20.3. The highest BCUT2D eigenvalue weighted by atomic mass is 35.5. The fourth-order valence-corrected chi connectivity index (χ4v) is 3.01. The van der Waals surface area contributed by atoms with Crippen molar-refractivity contribution in [2.75, 3.05) is 5.32 Å². The van der Waals surface area contributed by atoms with Gasteiger partial charge in [0.25, 0.3) is 0 Å². The molecule has 3 rings (SSSR count). The van der Waals surface area contributed by atoms with E-state index in [9.17, 15) is 13.2 Å². The molecule has 9 heteroatoms. The molecule has 3 aromatic heterocycles. The maximum Gasteiger partial charge on any atom is 0.390 e. The Kier molecular flexibility index (Phi) is 5.87. The molecule has 0 aliphatic rings. The largest absolute Gasteiger partial charge is 0.467 e. The minimum Gasteiger partial charge on any atom is -0.467 e. The van der Waals surface area contributed by atoms with Gasteiger partial charge in [0.1, 0.15) is 22.2 Å². The van der Waals surface area contributed by atoms with E-state index in [1.54, 1.807) is 31.4 Å². The maximum atomic E-state index is 12.6. The summed E-state index contributed by atoms with van der Waals surface area (Å²) in [5, 5.41) is 3.33. The normalized spacial score (nSPS) is 12.6. The number of anilines is 1. The van der Waals surface area contributed by atoms with E-state index in [-0.39, 0.29) is 17.3 Å². The van der Waals surface area contributed by atoms with Crippen molar-refractivity contribution in [2.24, 2.45) is 5.73 Å². The molecule has 148 valence electrons. The van der Waals surface area contributed by atoms with E-state index in [2.05, 4.69) is 22.1 Å². The van der Waals surface area contributed by atoms with E-state index >= 15 is 0 Å². The van der Waals surface area contributed by atoms with Crippen LogP contribution in [0.1, 0.15) is 30.4 Å². The summed E-state index contributed by atoms with van der Waals surface area (Å²) in [6, 6.07) is 3.96. The number of pyridine rings is 1. The lowest BCUT2D eigenvalue weighted by molar-refractivity contribution is -0.138. The Balaban J connectivity index is 1.98. The van der Waals surface area contributed by atoms with Crippen LogP contribution in [0.2, 0.25) is 5.15 Å². The van der Waals surface area contributed by atoms with Crippen molar-refractivity contribution in [3.05, 3.63) is 46.7 Å². The first-order valence-corrected chi connectivity index (χ1v) is 8.78. The first-order chi connectivity index (χ1) is 13.3. The highest BCUT2D eigenvalue weighted by molar-refractivity contribution is 6.30. The Bertz CT molecular complexity index is 1020. The molecule has 0 spiro atoms. The third-order valence-electron chi connectivity index (χ3n) is 3.91. The summed E-state index contributed by atoms with van der Waals surface area (Å²) in [7, 11) is 0. The number of alkyl halides is 3. The molecule has 5 nitrogen and oxygen atoms in total. The standard InChI is InChI=1S/C19H17ClF3N3O2/c1-2-4-13-15(7-11(24)9-19(21,22)23)28-18-14(8-16(20)26-17(13)18)25-10-12-5-3-6-27-12/h3,5-6,8,11H,7,9-10,24H2,1H3,(H,25,26)/t11-/m1/s1. The van der Waals surface area contributed by atoms with Gasteiger partial charge in [-0.25, -0.2) is 4.98 Å². The molecule has 0 saturated carbocycles. The number of nitrogens with zero attached hydrogens (tertiary/aromatic N) is 1. The lowest BCUT2D eigenvalue weighted by Gasteiger charge is -2.12. The van der Waals surface area contributed by atoms with Gasteiger partial charge in [0.05, 0.1) is 30.5 Å². The molecule has 0 aliphatic heterocycles. The molecule has 0 fully saturated rings. The van der Waals surface area contributed by atoms with Crippen molar-refractivity contribution in [2.45, 2.75) is 38.5 Å². The number of halogens is 4. The van der Waals surface area contributed by atoms with Crippen molar-refractivity contribution < 1.29 is 22.0 Å². The van der Waals surface area contributed by atoms with Crippen LogP contribution in [0, 0.1) is 11.8 Å². The van der Waals surface area contributed by atoms with Gasteiger partial charge in [-0.1, -0.05) is 17.5 Å². The number of hydrogen-bond acceptors (Lipinski definition) is 5. The van der Waals surface area contributed by atoms with E-state index in [0.717, 1.165) is 0 Å². The smallest absolute Gasteiger partial charge is 0.390 e. The summed E-state index contributed by atoms with van der Waals surface area (Å²) in [5.41, 5.74) is 7.31. The summed E-state index contributed by atoms with van der Waals surface area (Å²) < 4.78 is 49.0. The monoisotopic (exact) mass is 411 g/mol. The van der Waals surface area contributed by atoms with Gasteiger partial charge in [-0.05, 0) is 19.1 Å². The summed E-state index contributed by atoms with van der Waals surface area (Å²) in [6.45, 7) is 1.97. The second kappa shape index (κ2) is 8.17. The second-order valence-electron chi connectivity index (χ2n) is 6.16. The highest BCUT2D eigenvalue weighted by Gasteiger charge is 2.31. The van der Waals surface area contributed by atoms with Crippen LogP contribution in [0.3, 0.4) is 0 Å². The van der Waals surface area contributed by atoms with Gasteiger partial charge in [-0.2, -0.15) is 13.2 Å². The Labute approximate surface area is 164 Å². The second-order valence-corrected chi connectivity index (χ2v) is 6.55. The number of fused-ring (bicyclic) bond motifs is 1. The molecule has 1 atom stereocenters. The van der Waals surface area contributed by atoms with Crippen LogP contribution in [0.5, 0.6) is 0 Å². The van der Waals surface area contributed by atoms with Crippen molar-refractivity contribution in [1.82, 2.24) is 4.98 Å². The summed E-state index contributed by atoms with van der Waals surface area (Å²) >= 11 is 6.12. The van der Waals surface area contributed by atoms with Gasteiger partial charge in [-0.3, -0.25) is 0 Å². The zero-order valence-electron chi connectivity index (χ0n) is 14.9. The van der Waals surface area contributed by atoms with Gasteiger partial charge in [0, 0.05) is 18.5 Å². The number of furan rings is 2. The third-order valence-corrected chi connectivity index (χ3v) is 4.10. The van der Waals surface area contributed by atoms with Gasteiger partial charge in [0.2, 0.25) is 0 Å². The quantitative estimate of drug-likeness (QED) is 0.446. The number of aromatic nitrogens is 1. The third kappa shape index (κ3) is 4.80. The summed E-state index contributed by atoms with van der Waals surface area (Å²) in [5.74, 6) is 6.51. The molecular weight excluding hydrogens is 395 g/mol. The van der Waals surface area contributed by atoms with Crippen LogP contribution in [0.15, 0.2) is 33.3 Å². The summed E-state index contributed by atoms with van der Waals surface area (Å²) in [4.78, 5) is 4.25. The van der Waals surface area contributed by atoms with E-state index < -0.39 is 18.6 Å². The molecule has 3 heterocycles. The van der Waals surface area contributed by atoms with Crippen LogP contribution in [0.25, 0.3) is 11.1 Å². The van der Waals surface area contributed by atoms with E-state index in [4.69, 9.17) is 26.2 Å². The Morgan fingerprint density at radius 3 is 2.82 bits per heavy atom. The molecule has 3 N–H and O–H groups in total. The number of nitrogens with one attached hydrogen (secondary N) is 1. The lowest BCUT2D eigenvalue weighted by Crippen LogP contribution is -2.29. The first-order valence-electron chi connectivity index (χ1n) is 8.40. The average Bonchev–Trinajstić information content (AvgIpc) is 3.21. The van der Waals surface area contributed by atoms with Gasteiger partial charge in [-0.15, -0.1) is 5.92 Å². The highest BCUT2D eigenvalue weighted by Crippen LogP contribution is 2.33. The lowest BCUT2D eigenvalue weighted by atomic mass is 10.1. The molecule has 0 unspecified atom stereocenters. The summed E-state index contributed by atoms with van der Waals surface area (Å²) in [6.07, 6.45) is -4.07. The van der Waals surface area contributed by atoms with E-state index in [1.807, 2.05) is 0 Å². The fraction of sp³-hybridized carbons (Fsp3) is 0.316. The molecule has 3 aromatic rings. The first kappa shape index (κ1) is 20.1. The molecule has 0 bridgehead atoms. The number of rotatable bonds is 6. The van der Waals surface area contributed by atoms with Crippen molar-refractivity contribution in [3.8, 4) is 11.8 Å². The van der Waals surface area contributed by atoms with Gasteiger partial charge < -0.3 is 19.9 Å². The Morgan fingerprint density at radius 2 is 2.18 bits per heavy atom. The Hall–Kier alpha value is -2.63. The predicted molar refractivity (Wildman–Crippen MR) is 100.0 cm³/mol. The van der Waals surface area contributed by atoms with Crippen LogP contribution in [-0.4, -0.2) is 17.2 Å². The van der Waals surface area contributed by atoms with Gasteiger partial charge >= 0.3 is 6.18 Å². The van der Waals surface area contributed by atoms with Crippen molar-refractivity contribution in [1.29, 1.82) is 0 Å². The molecule has 0 radical (unpaired) electrons. The maximum absolute atomic E-state index is 12.6. The molecule has 0 aliphatic carbocycles. The van der Waals surface area contributed by atoms with Crippen LogP contribution in [0.4, 0.5) is 18.9 Å². The number of nitrogens with two attached hydrogens (primary N) is 1.